The number of hydrogen-bond donors (Lipinski definition) is 2. The van der Waals surface area contributed by atoms with Crippen molar-refractivity contribution in [3.8, 4) is 0 Å². The summed E-state index contributed by atoms with van der Waals surface area (Å²) < 4.78 is 2.18. The molecule has 1 aromatic heterocycles. The van der Waals surface area contributed by atoms with Gasteiger partial charge in [-0.25, -0.2) is 0 Å². The first-order valence-electron chi connectivity index (χ1n) is 4.67. The fraction of sp³-hybridized carbons (Fsp3) is 0.600. The maximum atomic E-state index is 8.93. The Balaban J connectivity index is 2.59. The van der Waals surface area contributed by atoms with Gasteiger partial charge in [0.2, 0.25) is 0 Å². The van der Waals surface area contributed by atoms with Crippen LogP contribution in [0, 0.1) is 5.92 Å². The maximum Gasteiger partial charge on any atom is 0.0473 e. The van der Waals surface area contributed by atoms with Crippen molar-refractivity contribution in [2.24, 2.45) is 5.92 Å². The van der Waals surface area contributed by atoms with Crippen LogP contribution in [0.15, 0.2) is 18.3 Å². The van der Waals surface area contributed by atoms with Gasteiger partial charge >= 0.3 is 0 Å². The van der Waals surface area contributed by atoms with Crippen LogP contribution in [0.1, 0.15) is 12.6 Å². The lowest BCUT2D eigenvalue weighted by Crippen LogP contribution is -2.15. The highest BCUT2D eigenvalue weighted by atomic mass is 16.3. The van der Waals surface area contributed by atoms with Crippen LogP contribution >= 0.6 is 0 Å². The van der Waals surface area contributed by atoms with Crippen molar-refractivity contribution in [3.05, 3.63) is 24.0 Å². The van der Waals surface area contributed by atoms with Crippen molar-refractivity contribution in [2.45, 2.75) is 20.0 Å². The third-order valence-electron chi connectivity index (χ3n) is 2.10. The molecule has 1 atom stereocenters. The van der Waals surface area contributed by atoms with Gasteiger partial charge in [0, 0.05) is 31.6 Å². The summed E-state index contributed by atoms with van der Waals surface area (Å²) in [6, 6.07) is 4.14. The fourth-order valence-corrected chi connectivity index (χ4v) is 1.36. The lowest BCUT2D eigenvalue weighted by molar-refractivity contribution is 0.222. The molecule has 2 N–H and O–H groups in total. The fourth-order valence-electron chi connectivity index (χ4n) is 1.36. The molecule has 0 amide bonds. The molecule has 74 valence electrons. The lowest BCUT2D eigenvalue weighted by atomic mass is 10.2. The molecule has 0 bridgehead atoms. The Kier molecular flexibility index (Phi) is 3.99. The average Bonchev–Trinajstić information content (AvgIpc) is 2.54. The van der Waals surface area contributed by atoms with E-state index in [0.29, 0.717) is 5.92 Å². The van der Waals surface area contributed by atoms with Gasteiger partial charge in [0.25, 0.3) is 0 Å². The second kappa shape index (κ2) is 5.04. The van der Waals surface area contributed by atoms with E-state index in [-0.39, 0.29) is 6.61 Å². The van der Waals surface area contributed by atoms with Crippen molar-refractivity contribution < 1.29 is 5.11 Å². The second-order valence-corrected chi connectivity index (χ2v) is 3.47. The molecule has 0 aliphatic heterocycles. The van der Waals surface area contributed by atoms with Crippen LogP contribution in [0.5, 0.6) is 0 Å². The molecule has 0 fully saturated rings. The van der Waals surface area contributed by atoms with E-state index < -0.39 is 0 Å². The van der Waals surface area contributed by atoms with Crippen LogP contribution in [-0.2, 0) is 13.1 Å². The number of rotatable bonds is 5. The Labute approximate surface area is 79.4 Å². The highest BCUT2D eigenvalue weighted by Crippen LogP contribution is 2.06. The van der Waals surface area contributed by atoms with E-state index in [1.807, 2.05) is 20.0 Å². The molecule has 0 spiro atoms. The largest absolute Gasteiger partial charge is 0.396 e. The van der Waals surface area contributed by atoms with Gasteiger partial charge in [0.1, 0.15) is 0 Å². The monoisotopic (exact) mass is 182 g/mol. The normalized spacial score (nSPS) is 13.2. The maximum absolute atomic E-state index is 8.93. The smallest absolute Gasteiger partial charge is 0.0473 e. The molecule has 0 radical (unpaired) electrons. The molecule has 1 aromatic rings. The molecule has 3 heteroatoms. The second-order valence-electron chi connectivity index (χ2n) is 3.47. The van der Waals surface area contributed by atoms with Crippen LogP contribution in [0.2, 0.25) is 0 Å². The molecule has 1 rings (SSSR count). The molecule has 1 unspecified atom stereocenters. The summed E-state index contributed by atoms with van der Waals surface area (Å²) in [5, 5.41) is 12.0. The van der Waals surface area contributed by atoms with Crippen LogP contribution in [0.25, 0.3) is 0 Å². The Hall–Kier alpha value is -0.800. The van der Waals surface area contributed by atoms with Crippen LogP contribution in [0.4, 0.5) is 0 Å². The third kappa shape index (κ3) is 2.86. The summed E-state index contributed by atoms with van der Waals surface area (Å²) in [6.45, 7) is 4.06. The number of nitrogens with zero attached hydrogens (tertiary/aromatic N) is 1. The summed E-state index contributed by atoms with van der Waals surface area (Å²) in [5.41, 5.74) is 1.27. The van der Waals surface area contributed by atoms with Crippen molar-refractivity contribution in [2.75, 3.05) is 13.7 Å². The van der Waals surface area contributed by atoms with E-state index in [2.05, 4.69) is 22.1 Å². The van der Waals surface area contributed by atoms with Gasteiger partial charge in [-0.1, -0.05) is 6.92 Å². The SMILES string of the molecule is CNCc1cccn1CC(C)CO. The van der Waals surface area contributed by atoms with E-state index in [1.165, 1.54) is 5.69 Å². The summed E-state index contributed by atoms with van der Waals surface area (Å²) in [5.74, 6) is 0.322. The summed E-state index contributed by atoms with van der Waals surface area (Å²) >= 11 is 0. The minimum Gasteiger partial charge on any atom is -0.396 e. The Morgan fingerprint density at radius 2 is 2.38 bits per heavy atom. The van der Waals surface area contributed by atoms with Crippen LogP contribution in [-0.4, -0.2) is 23.3 Å². The number of nitrogens with one attached hydrogen (secondary N) is 1. The first kappa shape index (κ1) is 10.3. The predicted octanol–water partition coefficient (Wildman–Crippen LogP) is 0.836. The summed E-state index contributed by atoms with van der Waals surface area (Å²) in [4.78, 5) is 0. The molecule has 0 aliphatic carbocycles. The zero-order valence-corrected chi connectivity index (χ0v) is 8.33. The Morgan fingerprint density at radius 3 is 3.00 bits per heavy atom. The number of aliphatic hydroxyl groups excluding tert-OH is 1. The van der Waals surface area contributed by atoms with Gasteiger partial charge in [-0.3, -0.25) is 0 Å². The van der Waals surface area contributed by atoms with Crippen molar-refractivity contribution in [1.29, 1.82) is 0 Å². The first-order chi connectivity index (χ1) is 6.27. The van der Waals surface area contributed by atoms with E-state index in [9.17, 15) is 0 Å². The molecule has 13 heavy (non-hydrogen) atoms. The standard InChI is InChI=1S/C10H18N2O/c1-9(8-13)7-12-5-3-4-10(12)6-11-2/h3-5,9,11,13H,6-8H2,1-2H3. The highest BCUT2D eigenvalue weighted by molar-refractivity contribution is 5.06. The molecular formula is C10H18N2O. The molecule has 0 aromatic carbocycles. The molecular weight excluding hydrogens is 164 g/mol. The van der Waals surface area contributed by atoms with Gasteiger partial charge < -0.3 is 15.0 Å². The van der Waals surface area contributed by atoms with Gasteiger partial charge in [-0.2, -0.15) is 0 Å². The molecule has 0 saturated carbocycles. The molecule has 3 nitrogen and oxygen atoms in total. The van der Waals surface area contributed by atoms with Crippen LogP contribution in [0.3, 0.4) is 0 Å². The lowest BCUT2D eigenvalue weighted by Gasteiger charge is -2.12. The quantitative estimate of drug-likeness (QED) is 0.708. The topological polar surface area (TPSA) is 37.2 Å². The summed E-state index contributed by atoms with van der Waals surface area (Å²) in [7, 11) is 1.94. The number of aromatic nitrogens is 1. The minimum absolute atomic E-state index is 0.247. The molecule has 0 saturated heterocycles. The van der Waals surface area contributed by atoms with Crippen molar-refractivity contribution >= 4 is 0 Å². The van der Waals surface area contributed by atoms with E-state index in [1.54, 1.807) is 0 Å². The Bertz CT molecular complexity index is 245. The van der Waals surface area contributed by atoms with Crippen LogP contribution < -0.4 is 5.32 Å². The van der Waals surface area contributed by atoms with E-state index >= 15 is 0 Å². The van der Waals surface area contributed by atoms with Gasteiger partial charge in [0.05, 0.1) is 0 Å². The van der Waals surface area contributed by atoms with Gasteiger partial charge in [-0.15, -0.1) is 0 Å². The zero-order chi connectivity index (χ0) is 9.68. The zero-order valence-electron chi connectivity index (χ0n) is 8.33. The molecule has 1 heterocycles. The van der Waals surface area contributed by atoms with E-state index in [4.69, 9.17) is 5.11 Å². The highest BCUT2D eigenvalue weighted by Gasteiger charge is 2.04. The first-order valence-corrected chi connectivity index (χ1v) is 4.67. The molecule has 0 aliphatic rings. The summed E-state index contributed by atoms with van der Waals surface area (Å²) in [6.07, 6.45) is 2.05. The number of hydrogen-bond acceptors (Lipinski definition) is 2. The predicted molar refractivity (Wildman–Crippen MR) is 53.4 cm³/mol. The number of aliphatic hydroxyl groups is 1. The van der Waals surface area contributed by atoms with Gasteiger partial charge in [0.15, 0.2) is 0 Å². The van der Waals surface area contributed by atoms with E-state index in [0.717, 1.165) is 13.1 Å². The van der Waals surface area contributed by atoms with Crippen molar-refractivity contribution in [1.82, 2.24) is 9.88 Å². The van der Waals surface area contributed by atoms with Crippen molar-refractivity contribution in [3.63, 3.8) is 0 Å². The third-order valence-corrected chi connectivity index (χ3v) is 2.10. The minimum atomic E-state index is 0.247. The van der Waals surface area contributed by atoms with Gasteiger partial charge in [-0.05, 0) is 25.1 Å². The Morgan fingerprint density at radius 1 is 1.62 bits per heavy atom. The average molecular weight is 182 g/mol.